The number of aliphatic hydroxyl groups is 1. The zero-order chi connectivity index (χ0) is 14.3. The Bertz CT molecular complexity index is 384. The van der Waals surface area contributed by atoms with Crippen LogP contribution in [0, 0.1) is 0 Å². The van der Waals surface area contributed by atoms with Gasteiger partial charge in [-0.15, -0.1) is 0 Å². The van der Waals surface area contributed by atoms with Crippen molar-refractivity contribution in [3.8, 4) is 0 Å². The van der Waals surface area contributed by atoms with E-state index in [2.05, 4.69) is 19.2 Å². The largest absolute Gasteiger partial charge is 0.387 e. The first-order valence-corrected chi connectivity index (χ1v) is 7.66. The number of benzene rings is 1. The SMILES string of the molecule is CCCCCC(C)NCC(O)c1cc(Cl)ccc1Cl. The zero-order valence-corrected chi connectivity index (χ0v) is 13.1. The van der Waals surface area contributed by atoms with Crippen LogP contribution < -0.4 is 5.32 Å². The molecular weight excluding hydrogens is 281 g/mol. The first kappa shape index (κ1) is 16.8. The standard InChI is InChI=1S/C15H23Cl2NO/c1-3-4-5-6-11(2)18-10-15(19)13-9-12(16)7-8-14(13)17/h7-9,11,15,18-19H,3-6,10H2,1-2H3. The molecule has 0 radical (unpaired) electrons. The van der Waals surface area contributed by atoms with Gasteiger partial charge >= 0.3 is 0 Å². The highest BCUT2D eigenvalue weighted by Gasteiger charge is 2.13. The van der Waals surface area contributed by atoms with E-state index in [9.17, 15) is 5.11 Å². The van der Waals surface area contributed by atoms with Gasteiger partial charge in [0.25, 0.3) is 0 Å². The minimum atomic E-state index is -0.625. The molecule has 19 heavy (non-hydrogen) atoms. The molecule has 0 saturated heterocycles. The van der Waals surface area contributed by atoms with E-state index in [1.165, 1.54) is 19.3 Å². The van der Waals surface area contributed by atoms with E-state index < -0.39 is 6.10 Å². The molecule has 0 aliphatic rings. The van der Waals surface area contributed by atoms with Crippen molar-refractivity contribution in [3.63, 3.8) is 0 Å². The molecule has 4 heteroatoms. The molecule has 0 aliphatic heterocycles. The molecule has 1 aromatic rings. The van der Waals surface area contributed by atoms with Crippen LogP contribution in [-0.2, 0) is 0 Å². The minimum Gasteiger partial charge on any atom is -0.387 e. The Morgan fingerprint density at radius 2 is 2.00 bits per heavy atom. The van der Waals surface area contributed by atoms with Gasteiger partial charge in [0.15, 0.2) is 0 Å². The van der Waals surface area contributed by atoms with Crippen molar-refractivity contribution in [2.75, 3.05) is 6.54 Å². The predicted molar refractivity (Wildman–Crippen MR) is 83.0 cm³/mol. The third-order valence-electron chi connectivity index (χ3n) is 3.22. The minimum absolute atomic E-state index is 0.402. The average molecular weight is 304 g/mol. The second-order valence-electron chi connectivity index (χ2n) is 4.99. The van der Waals surface area contributed by atoms with E-state index in [0.29, 0.717) is 28.2 Å². The second-order valence-corrected chi connectivity index (χ2v) is 5.83. The van der Waals surface area contributed by atoms with Crippen LogP contribution in [0.1, 0.15) is 51.2 Å². The molecule has 0 saturated carbocycles. The maximum absolute atomic E-state index is 10.1. The summed E-state index contributed by atoms with van der Waals surface area (Å²) in [6.45, 7) is 4.83. The Kier molecular flexibility index (Phi) is 7.77. The van der Waals surface area contributed by atoms with Crippen molar-refractivity contribution in [3.05, 3.63) is 33.8 Å². The van der Waals surface area contributed by atoms with Crippen molar-refractivity contribution in [2.24, 2.45) is 0 Å². The van der Waals surface area contributed by atoms with Crippen molar-refractivity contribution in [1.82, 2.24) is 5.32 Å². The third kappa shape index (κ3) is 6.13. The first-order valence-electron chi connectivity index (χ1n) is 6.91. The number of aliphatic hydroxyl groups excluding tert-OH is 1. The lowest BCUT2D eigenvalue weighted by molar-refractivity contribution is 0.170. The van der Waals surface area contributed by atoms with E-state index in [-0.39, 0.29) is 0 Å². The summed E-state index contributed by atoms with van der Waals surface area (Å²) in [4.78, 5) is 0. The Morgan fingerprint density at radius 1 is 1.26 bits per heavy atom. The van der Waals surface area contributed by atoms with Gasteiger partial charge in [-0.25, -0.2) is 0 Å². The van der Waals surface area contributed by atoms with Gasteiger partial charge in [-0.05, 0) is 31.5 Å². The number of unbranched alkanes of at least 4 members (excludes halogenated alkanes) is 2. The molecular formula is C15H23Cl2NO. The smallest absolute Gasteiger partial charge is 0.0929 e. The van der Waals surface area contributed by atoms with Crippen LogP contribution in [0.2, 0.25) is 10.0 Å². The van der Waals surface area contributed by atoms with Crippen LogP contribution in [0.3, 0.4) is 0 Å². The summed E-state index contributed by atoms with van der Waals surface area (Å²) in [7, 11) is 0. The monoisotopic (exact) mass is 303 g/mol. The Balaban J connectivity index is 2.42. The molecule has 0 heterocycles. The molecule has 2 N–H and O–H groups in total. The van der Waals surface area contributed by atoms with Crippen molar-refractivity contribution in [1.29, 1.82) is 0 Å². The van der Waals surface area contributed by atoms with E-state index in [4.69, 9.17) is 23.2 Å². The summed E-state index contributed by atoms with van der Waals surface area (Å²) in [6, 6.07) is 5.56. The molecule has 1 aromatic carbocycles. The van der Waals surface area contributed by atoms with Crippen molar-refractivity contribution >= 4 is 23.2 Å². The molecule has 0 aromatic heterocycles. The maximum Gasteiger partial charge on any atom is 0.0929 e. The summed E-state index contributed by atoms with van der Waals surface area (Å²) < 4.78 is 0. The van der Waals surface area contributed by atoms with Crippen LogP contribution in [-0.4, -0.2) is 17.7 Å². The topological polar surface area (TPSA) is 32.3 Å². The Labute approximate surface area is 126 Å². The zero-order valence-electron chi connectivity index (χ0n) is 11.6. The lowest BCUT2D eigenvalue weighted by Gasteiger charge is -2.18. The average Bonchev–Trinajstić information content (AvgIpc) is 2.39. The molecule has 2 unspecified atom stereocenters. The number of hydrogen-bond donors (Lipinski definition) is 2. The number of rotatable bonds is 8. The maximum atomic E-state index is 10.1. The van der Waals surface area contributed by atoms with Crippen LogP contribution in [0.5, 0.6) is 0 Å². The Morgan fingerprint density at radius 3 is 2.68 bits per heavy atom. The Hall–Kier alpha value is -0.280. The molecule has 2 nitrogen and oxygen atoms in total. The highest BCUT2D eigenvalue weighted by molar-refractivity contribution is 6.33. The van der Waals surface area contributed by atoms with Gasteiger partial charge in [0, 0.05) is 28.2 Å². The summed E-state index contributed by atoms with van der Waals surface area (Å²) in [6.07, 6.45) is 4.21. The van der Waals surface area contributed by atoms with Gasteiger partial charge in [-0.2, -0.15) is 0 Å². The van der Waals surface area contributed by atoms with E-state index in [1.807, 2.05) is 0 Å². The van der Waals surface area contributed by atoms with E-state index in [1.54, 1.807) is 18.2 Å². The van der Waals surface area contributed by atoms with Crippen LogP contribution in [0.4, 0.5) is 0 Å². The fourth-order valence-corrected chi connectivity index (χ4v) is 2.42. The van der Waals surface area contributed by atoms with Gasteiger partial charge in [-0.3, -0.25) is 0 Å². The predicted octanol–water partition coefficient (Wildman–Crippen LogP) is 4.59. The van der Waals surface area contributed by atoms with Crippen LogP contribution in [0.25, 0.3) is 0 Å². The molecule has 1 rings (SSSR count). The summed E-state index contributed by atoms with van der Waals surface area (Å²) in [5, 5.41) is 14.6. The van der Waals surface area contributed by atoms with E-state index in [0.717, 1.165) is 6.42 Å². The van der Waals surface area contributed by atoms with Crippen molar-refractivity contribution < 1.29 is 5.11 Å². The van der Waals surface area contributed by atoms with Gasteiger partial charge in [-0.1, -0.05) is 49.4 Å². The molecule has 0 aliphatic carbocycles. The summed E-state index contributed by atoms with van der Waals surface area (Å²) >= 11 is 12.0. The lowest BCUT2D eigenvalue weighted by atomic mass is 10.1. The molecule has 108 valence electrons. The highest BCUT2D eigenvalue weighted by Crippen LogP contribution is 2.26. The van der Waals surface area contributed by atoms with Crippen LogP contribution in [0.15, 0.2) is 18.2 Å². The van der Waals surface area contributed by atoms with Crippen molar-refractivity contribution in [2.45, 2.75) is 51.7 Å². The molecule has 0 spiro atoms. The first-order chi connectivity index (χ1) is 9.04. The number of halogens is 2. The summed E-state index contributed by atoms with van der Waals surface area (Å²) in [5.74, 6) is 0. The van der Waals surface area contributed by atoms with Crippen LogP contribution >= 0.6 is 23.2 Å². The highest BCUT2D eigenvalue weighted by atomic mass is 35.5. The molecule has 2 atom stereocenters. The van der Waals surface area contributed by atoms with Gasteiger partial charge in [0.05, 0.1) is 6.10 Å². The third-order valence-corrected chi connectivity index (χ3v) is 3.80. The fraction of sp³-hybridized carbons (Fsp3) is 0.600. The normalized spacial score (nSPS) is 14.4. The van der Waals surface area contributed by atoms with Gasteiger partial charge < -0.3 is 10.4 Å². The molecule has 0 fully saturated rings. The number of nitrogens with one attached hydrogen (secondary N) is 1. The van der Waals surface area contributed by atoms with E-state index >= 15 is 0 Å². The lowest BCUT2D eigenvalue weighted by Crippen LogP contribution is -2.30. The molecule has 0 amide bonds. The fourth-order valence-electron chi connectivity index (χ4n) is 2.00. The number of hydrogen-bond acceptors (Lipinski definition) is 2. The quantitative estimate of drug-likeness (QED) is 0.689. The molecule has 0 bridgehead atoms. The second kappa shape index (κ2) is 8.80. The summed E-state index contributed by atoms with van der Waals surface area (Å²) in [5.41, 5.74) is 0.683. The van der Waals surface area contributed by atoms with Gasteiger partial charge in [0.2, 0.25) is 0 Å². The van der Waals surface area contributed by atoms with Gasteiger partial charge in [0.1, 0.15) is 0 Å².